The molecule has 1 fully saturated rings. The molecule has 0 aromatic rings. The van der Waals surface area contributed by atoms with E-state index in [9.17, 15) is 19.2 Å². The summed E-state index contributed by atoms with van der Waals surface area (Å²) < 4.78 is 26.5. The van der Waals surface area contributed by atoms with Crippen LogP contribution in [0.4, 0.5) is 0 Å². The number of carbonyl (C=O) groups excluding carboxylic acids is 4. The van der Waals surface area contributed by atoms with E-state index in [1.807, 2.05) is 0 Å². The molecule has 4 N–H and O–H groups in total. The van der Waals surface area contributed by atoms with Crippen molar-refractivity contribution in [3.8, 4) is 0 Å². The SMILES string of the molecule is CC(=O)NNC1C(OCN)OC(COC(C)=O)C(OC(C)=O)C1OC(C)=O. The van der Waals surface area contributed by atoms with Crippen LogP contribution in [0.1, 0.15) is 27.7 Å². The molecule has 0 bridgehead atoms. The molecule has 5 unspecified atom stereocenters. The molecule has 1 rings (SSSR count). The van der Waals surface area contributed by atoms with Crippen molar-refractivity contribution in [2.75, 3.05) is 13.3 Å². The lowest BCUT2D eigenvalue weighted by atomic mass is 9.96. The molecule has 1 amide bonds. The molecule has 0 aliphatic carbocycles. The van der Waals surface area contributed by atoms with Crippen LogP contribution in [0.5, 0.6) is 0 Å². The van der Waals surface area contributed by atoms with Crippen LogP contribution in [0.2, 0.25) is 0 Å². The molecule has 1 aliphatic rings. The van der Waals surface area contributed by atoms with Crippen molar-refractivity contribution in [1.29, 1.82) is 0 Å². The second-order valence-electron chi connectivity index (χ2n) is 5.68. The van der Waals surface area contributed by atoms with Crippen LogP contribution in [-0.2, 0) is 42.9 Å². The summed E-state index contributed by atoms with van der Waals surface area (Å²) in [6.45, 7) is 4.23. The van der Waals surface area contributed by atoms with Gasteiger partial charge in [0.05, 0.1) is 6.73 Å². The van der Waals surface area contributed by atoms with E-state index in [0.29, 0.717) is 0 Å². The van der Waals surface area contributed by atoms with E-state index >= 15 is 0 Å². The fraction of sp³-hybridized carbons (Fsp3) is 0.733. The van der Waals surface area contributed by atoms with E-state index < -0.39 is 54.5 Å². The first-order chi connectivity index (χ1) is 12.6. The second-order valence-corrected chi connectivity index (χ2v) is 5.68. The highest BCUT2D eigenvalue weighted by Crippen LogP contribution is 2.27. The maximum absolute atomic E-state index is 11.6. The number of carbonyl (C=O) groups is 4. The van der Waals surface area contributed by atoms with Crippen molar-refractivity contribution in [3.05, 3.63) is 0 Å². The zero-order valence-electron chi connectivity index (χ0n) is 15.6. The van der Waals surface area contributed by atoms with Gasteiger partial charge in [-0.05, 0) is 0 Å². The topological polar surface area (TPSA) is 165 Å². The second kappa shape index (κ2) is 10.8. The number of amides is 1. The van der Waals surface area contributed by atoms with Crippen molar-refractivity contribution in [1.82, 2.24) is 10.9 Å². The van der Waals surface area contributed by atoms with Gasteiger partial charge < -0.3 is 29.4 Å². The van der Waals surface area contributed by atoms with Gasteiger partial charge in [0, 0.05) is 27.7 Å². The van der Waals surface area contributed by atoms with Gasteiger partial charge in [0.1, 0.15) is 18.8 Å². The Morgan fingerprint density at radius 2 is 1.56 bits per heavy atom. The first-order valence-corrected chi connectivity index (χ1v) is 8.12. The maximum atomic E-state index is 11.6. The molecule has 12 heteroatoms. The highest BCUT2D eigenvalue weighted by atomic mass is 16.7. The number of nitrogens with one attached hydrogen (secondary N) is 2. The van der Waals surface area contributed by atoms with Crippen molar-refractivity contribution < 1.29 is 42.9 Å². The van der Waals surface area contributed by atoms with Gasteiger partial charge in [-0.25, -0.2) is 5.43 Å². The van der Waals surface area contributed by atoms with Crippen molar-refractivity contribution in [2.24, 2.45) is 5.73 Å². The molecule has 0 aromatic carbocycles. The first-order valence-electron chi connectivity index (χ1n) is 8.12. The number of hydrogen-bond donors (Lipinski definition) is 3. The average Bonchev–Trinajstić information content (AvgIpc) is 2.54. The maximum Gasteiger partial charge on any atom is 0.303 e. The first kappa shape index (κ1) is 22.8. The minimum absolute atomic E-state index is 0.256. The van der Waals surface area contributed by atoms with Crippen molar-refractivity contribution >= 4 is 23.8 Å². The standard InChI is InChI=1S/C15H25N3O9/c1-7(19)17-18-12-14(26-10(4)22)13(25-9(3)21)11(5-23-8(2)20)27-15(12)24-6-16/h11-15,18H,5-6,16H2,1-4H3,(H,17,19). The zero-order chi connectivity index (χ0) is 20.6. The summed E-state index contributed by atoms with van der Waals surface area (Å²) in [6.07, 6.45) is -4.40. The fourth-order valence-corrected chi connectivity index (χ4v) is 2.48. The van der Waals surface area contributed by atoms with E-state index in [-0.39, 0.29) is 13.3 Å². The Kier molecular flexibility index (Phi) is 9.08. The van der Waals surface area contributed by atoms with E-state index in [1.54, 1.807) is 0 Å². The van der Waals surface area contributed by atoms with E-state index in [1.165, 1.54) is 13.8 Å². The number of hydrazine groups is 1. The molecule has 1 heterocycles. The molecule has 154 valence electrons. The largest absolute Gasteiger partial charge is 0.463 e. The molecular formula is C15H25N3O9. The van der Waals surface area contributed by atoms with Gasteiger partial charge in [-0.15, -0.1) is 0 Å². The molecule has 27 heavy (non-hydrogen) atoms. The van der Waals surface area contributed by atoms with Crippen LogP contribution in [0.25, 0.3) is 0 Å². The number of esters is 3. The smallest absolute Gasteiger partial charge is 0.303 e. The third kappa shape index (κ3) is 7.46. The van der Waals surface area contributed by atoms with Gasteiger partial charge in [0.15, 0.2) is 18.5 Å². The molecule has 0 saturated carbocycles. The summed E-state index contributed by atoms with van der Waals surface area (Å²) in [4.78, 5) is 45.5. The Balaban J connectivity index is 3.20. The van der Waals surface area contributed by atoms with Gasteiger partial charge >= 0.3 is 17.9 Å². The summed E-state index contributed by atoms with van der Waals surface area (Å²) in [6, 6.07) is -0.973. The minimum atomic E-state index is -1.14. The average molecular weight is 391 g/mol. The van der Waals surface area contributed by atoms with Gasteiger partial charge in [-0.3, -0.25) is 24.6 Å². The molecule has 0 spiro atoms. The fourth-order valence-electron chi connectivity index (χ4n) is 2.48. The van der Waals surface area contributed by atoms with Crippen LogP contribution < -0.4 is 16.6 Å². The lowest BCUT2D eigenvalue weighted by Crippen LogP contribution is -2.68. The highest BCUT2D eigenvalue weighted by molar-refractivity contribution is 5.72. The van der Waals surface area contributed by atoms with Gasteiger partial charge in [0.2, 0.25) is 5.91 Å². The molecule has 1 aliphatic heterocycles. The molecule has 0 aromatic heterocycles. The number of hydrogen-bond acceptors (Lipinski definition) is 11. The Labute approximate surface area is 155 Å². The van der Waals surface area contributed by atoms with Gasteiger partial charge in [-0.2, -0.15) is 0 Å². The Hall–Kier alpha value is -2.28. The predicted octanol–water partition coefficient (Wildman–Crippen LogP) is -1.92. The highest BCUT2D eigenvalue weighted by Gasteiger charge is 2.51. The summed E-state index contributed by atoms with van der Waals surface area (Å²) in [5, 5.41) is 0. The minimum Gasteiger partial charge on any atom is -0.463 e. The summed E-state index contributed by atoms with van der Waals surface area (Å²) in [5.74, 6) is -2.37. The van der Waals surface area contributed by atoms with E-state index in [0.717, 1.165) is 13.8 Å². The predicted molar refractivity (Wildman–Crippen MR) is 87.3 cm³/mol. The Morgan fingerprint density at radius 1 is 0.963 bits per heavy atom. The normalized spacial score (nSPS) is 27.4. The zero-order valence-corrected chi connectivity index (χ0v) is 15.6. The summed E-state index contributed by atoms with van der Waals surface area (Å²) in [5.41, 5.74) is 10.4. The number of ether oxygens (including phenoxy) is 5. The lowest BCUT2D eigenvalue weighted by Gasteiger charge is -2.44. The summed E-state index contributed by atoms with van der Waals surface area (Å²) >= 11 is 0. The van der Waals surface area contributed by atoms with Crippen LogP contribution in [0.3, 0.4) is 0 Å². The molecule has 1 saturated heterocycles. The molecule has 12 nitrogen and oxygen atoms in total. The van der Waals surface area contributed by atoms with E-state index in [2.05, 4.69) is 10.9 Å². The molecular weight excluding hydrogens is 366 g/mol. The van der Waals surface area contributed by atoms with Crippen LogP contribution >= 0.6 is 0 Å². The van der Waals surface area contributed by atoms with Crippen molar-refractivity contribution in [3.63, 3.8) is 0 Å². The molecule has 5 atom stereocenters. The monoisotopic (exact) mass is 391 g/mol. The van der Waals surface area contributed by atoms with Crippen LogP contribution in [0.15, 0.2) is 0 Å². The molecule has 0 radical (unpaired) electrons. The number of nitrogens with two attached hydrogens (primary N) is 1. The van der Waals surface area contributed by atoms with Gasteiger partial charge in [-0.1, -0.05) is 0 Å². The summed E-state index contributed by atoms with van der Waals surface area (Å²) in [7, 11) is 0. The Morgan fingerprint density at radius 3 is 2.04 bits per heavy atom. The van der Waals surface area contributed by atoms with Crippen LogP contribution in [0, 0.1) is 0 Å². The lowest BCUT2D eigenvalue weighted by molar-refractivity contribution is -0.279. The number of rotatable bonds is 8. The third-order valence-corrected chi connectivity index (χ3v) is 3.38. The van der Waals surface area contributed by atoms with Crippen molar-refractivity contribution in [2.45, 2.75) is 58.3 Å². The quantitative estimate of drug-likeness (QED) is 0.183. The Bertz CT molecular complexity index is 557. The third-order valence-electron chi connectivity index (χ3n) is 3.38. The van der Waals surface area contributed by atoms with Gasteiger partial charge in [0.25, 0.3) is 0 Å². The van der Waals surface area contributed by atoms with E-state index in [4.69, 9.17) is 29.4 Å². The van der Waals surface area contributed by atoms with Crippen LogP contribution in [-0.4, -0.2) is 67.8 Å².